The highest BCUT2D eigenvalue weighted by Gasteiger charge is 2.48. The number of nitriles is 1. The van der Waals surface area contributed by atoms with E-state index in [9.17, 15) is 10.4 Å². The molecule has 3 heteroatoms. The summed E-state index contributed by atoms with van der Waals surface area (Å²) in [5, 5.41) is 19.8. The molecule has 1 rings (SSSR count). The van der Waals surface area contributed by atoms with Crippen molar-refractivity contribution in [2.75, 3.05) is 13.2 Å². The summed E-state index contributed by atoms with van der Waals surface area (Å²) in [6.45, 7) is 7.10. The minimum atomic E-state index is -0.903. The number of rotatable bonds is 3. The second-order valence-electron chi connectivity index (χ2n) is 5.18. The van der Waals surface area contributed by atoms with E-state index in [4.69, 9.17) is 4.74 Å². The van der Waals surface area contributed by atoms with Crippen LogP contribution in [0.1, 0.15) is 40.0 Å². The second-order valence-corrected chi connectivity index (χ2v) is 5.18. The first-order valence-electron chi connectivity index (χ1n) is 5.65. The number of aliphatic hydroxyl groups is 1. The molecular weight excluding hydrogens is 190 g/mol. The molecule has 0 aromatic rings. The standard InChI is InChI=1S/C12H21NO2/c1-10(2)8-11(3,14)12(9-13)4-6-15-7-5-12/h10,14H,4-8H2,1-3H3. The maximum absolute atomic E-state index is 10.5. The molecule has 86 valence electrons. The SMILES string of the molecule is CC(C)CC(C)(O)C1(C#N)CCOCC1. The van der Waals surface area contributed by atoms with Crippen molar-refractivity contribution < 1.29 is 9.84 Å². The predicted molar refractivity (Wildman–Crippen MR) is 58.2 cm³/mol. The van der Waals surface area contributed by atoms with Gasteiger partial charge in [-0.3, -0.25) is 0 Å². The van der Waals surface area contributed by atoms with Crippen LogP contribution in [0, 0.1) is 22.7 Å². The van der Waals surface area contributed by atoms with Gasteiger partial charge in [-0.2, -0.15) is 5.26 Å². The summed E-state index contributed by atoms with van der Waals surface area (Å²) >= 11 is 0. The largest absolute Gasteiger partial charge is 0.389 e. The summed E-state index contributed by atoms with van der Waals surface area (Å²) in [4.78, 5) is 0. The molecule has 1 unspecified atom stereocenters. The predicted octanol–water partition coefficient (Wildman–Crippen LogP) is 2.10. The van der Waals surface area contributed by atoms with Gasteiger partial charge in [0, 0.05) is 13.2 Å². The molecule has 3 nitrogen and oxygen atoms in total. The van der Waals surface area contributed by atoms with Crippen molar-refractivity contribution in [1.29, 1.82) is 5.26 Å². The summed E-state index contributed by atoms with van der Waals surface area (Å²) < 4.78 is 5.26. The van der Waals surface area contributed by atoms with E-state index in [2.05, 4.69) is 19.9 Å². The minimum Gasteiger partial charge on any atom is -0.389 e. The third-order valence-corrected chi connectivity index (χ3v) is 3.40. The normalized spacial score (nSPS) is 24.5. The van der Waals surface area contributed by atoms with Crippen LogP contribution < -0.4 is 0 Å². The smallest absolute Gasteiger partial charge is 0.0901 e. The fourth-order valence-corrected chi connectivity index (χ4v) is 2.48. The molecule has 0 bridgehead atoms. The van der Waals surface area contributed by atoms with Gasteiger partial charge in [0.25, 0.3) is 0 Å². The molecule has 0 saturated carbocycles. The van der Waals surface area contributed by atoms with Crippen LogP contribution in [-0.4, -0.2) is 23.9 Å². The van der Waals surface area contributed by atoms with Gasteiger partial charge < -0.3 is 9.84 Å². The molecule has 0 aliphatic carbocycles. The van der Waals surface area contributed by atoms with Gasteiger partial charge in [0.15, 0.2) is 0 Å². The molecule has 0 amide bonds. The van der Waals surface area contributed by atoms with Crippen LogP contribution in [0.5, 0.6) is 0 Å². The number of nitrogens with zero attached hydrogens (tertiary/aromatic N) is 1. The Balaban J connectivity index is 2.84. The molecule has 1 atom stereocenters. The Bertz CT molecular complexity index is 247. The lowest BCUT2D eigenvalue weighted by molar-refractivity contribution is -0.102. The number of hydrogen-bond acceptors (Lipinski definition) is 3. The molecule has 0 radical (unpaired) electrons. The summed E-state index contributed by atoms with van der Waals surface area (Å²) in [7, 11) is 0. The second kappa shape index (κ2) is 4.51. The highest BCUT2D eigenvalue weighted by molar-refractivity contribution is 5.10. The van der Waals surface area contributed by atoms with Crippen molar-refractivity contribution >= 4 is 0 Å². The van der Waals surface area contributed by atoms with Crippen molar-refractivity contribution in [3.8, 4) is 6.07 Å². The molecule has 0 spiro atoms. The summed E-state index contributed by atoms with van der Waals surface area (Å²) in [5.41, 5.74) is -1.52. The molecule has 1 N–H and O–H groups in total. The van der Waals surface area contributed by atoms with Gasteiger partial charge in [-0.15, -0.1) is 0 Å². The molecule has 1 aliphatic heterocycles. The monoisotopic (exact) mass is 211 g/mol. The Morgan fingerprint density at radius 3 is 2.40 bits per heavy atom. The van der Waals surface area contributed by atoms with E-state index in [1.54, 1.807) is 6.92 Å². The van der Waals surface area contributed by atoms with E-state index >= 15 is 0 Å². The molecule has 1 aliphatic rings. The molecule has 15 heavy (non-hydrogen) atoms. The van der Waals surface area contributed by atoms with Crippen LogP contribution in [0.2, 0.25) is 0 Å². The lowest BCUT2D eigenvalue weighted by atomic mass is 9.66. The van der Waals surface area contributed by atoms with E-state index < -0.39 is 11.0 Å². The van der Waals surface area contributed by atoms with Gasteiger partial charge in [-0.25, -0.2) is 0 Å². The molecule has 0 aromatic carbocycles. The van der Waals surface area contributed by atoms with E-state index in [1.165, 1.54) is 0 Å². The van der Waals surface area contributed by atoms with Crippen LogP contribution in [0.4, 0.5) is 0 Å². The minimum absolute atomic E-state index is 0.396. The van der Waals surface area contributed by atoms with Crippen molar-refractivity contribution in [1.82, 2.24) is 0 Å². The zero-order valence-electron chi connectivity index (χ0n) is 9.92. The molecular formula is C12H21NO2. The molecule has 1 fully saturated rings. The molecule has 0 aromatic heterocycles. The zero-order chi connectivity index (χ0) is 11.5. The van der Waals surface area contributed by atoms with Crippen molar-refractivity contribution in [2.24, 2.45) is 11.3 Å². The number of hydrogen-bond donors (Lipinski definition) is 1. The average molecular weight is 211 g/mol. The summed E-state index contributed by atoms with van der Waals surface area (Å²) in [5.74, 6) is 0.396. The lowest BCUT2D eigenvalue weighted by Crippen LogP contribution is -2.49. The van der Waals surface area contributed by atoms with Crippen LogP contribution in [0.15, 0.2) is 0 Å². The zero-order valence-corrected chi connectivity index (χ0v) is 9.92. The van der Waals surface area contributed by atoms with Gasteiger partial charge in [-0.1, -0.05) is 13.8 Å². The first kappa shape index (κ1) is 12.5. The van der Waals surface area contributed by atoms with E-state index in [0.717, 1.165) is 0 Å². The van der Waals surface area contributed by atoms with Gasteiger partial charge in [0.1, 0.15) is 0 Å². The maximum atomic E-state index is 10.5. The Labute approximate surface area is 92.0 Å². The van der Waals surface area contributed by atoms with E-state index in [-0.39, 0.29) is 0 Å². The van der Waals surface area contributed by atoms with Crippen LogP contribution in [-0.2, 0) is 4.74 Å². The van der Waals surface area contributed by atoms with Crippen LogP contribution in [0.3, 0.4) is 0 Å². The van der Waals surface area contributed by atoms with Crippen molar-refractivity contribution in [3.63, 3.8) is 0 Å². The van der Waals surface area contributed by atoms with Crippen molar-refractivity contribution in [3.05, 3.63) is 0 Å². The Kier molecular flexibility index (Phi) is 3.75. The van der Waals surface area contributed by atoms with Gasteiger partial charge in [-0.05, 0) is 32.1 Å². The average Bonchev–Trinajstić information content (AvgIpc) is 2.16. The molecule has 1 saturated heterocycles. The van der Waals surface area contributed by atoms with Gasteiger partial charge in [0.2, 0.25) is 0 Å². The van der Waals surface area contributed by atoms with Gasteiger partial charge in [0.05, 0.1) is 17.1 Å². The fraction of sp³-hybridized carbons (Fsp3) is 0.917. The highest BCUT2D eigenvalue weighted by Crippen LogP contribution is 2.43. The van der Waals surface area contributed by atoms with Crippen molar-refractivity contribution in [2.45, 2.75) is 45.6 Å². The molecule has 1 heterocycles. The van der Waals surface area contributed by atoms with Crippen LogP contribution in [0.25, 0.3) is 0 Å². The topological polar surface area (TPSA) is 53.2 Å². The third kappa shape index (κ3) is 2.50. The van der Waals surface area contributed by atoms with E-state index in [0.29, 0.717) is 38.4 Å². The Morgan fingerprint density at radius 2 is 2.00 bits per heavy atom. The Hall–Kier alpha value is -0.590. The lowest BCUT2D eigenvalue weighted by Gasteiger charge is -2.43. The first-order valence-corrected chi connectivity index (χ1v) is 5.65. The van der Waals surface area contributed by atoms with Gasteiger partial charge >= 0.3 is 0 Å². The third-order valence-electron chi connectivity index (χ3n) is 3.40. The van der Waals surface area contributed by atoms with E-state index in [1.807, 2.05) is 0 Å². The summed E-state index contributed by atoms with van der Waals surface area (Å²) in [6.07, 6.45) is 1.95. The summed E-state index contributed by atoms with van der Waals surface area (Å²) in [6, 6.07) is 2.33. The first-order chi connectivity index (χ1) is 6.93. The van der Waals surface area contributed by atoms with Crippen LogP contribution >= 0.6 is 0 Å². The quantitative estimate of drug-likeness (QED) is 0.777. The fourth-order valence-electron chi connectivity index (χ4n) is 2.48. The number of ether oxygens (including phenoxy) is 1. The maximum Gasteiger partial charge on any atom is 0.0901 e. The Morgan fingerprint density at radius 1 is 1.47 bits per heavy atom. The highest BCUT2D eigenvalue weighted by atomic mass is 16.5.